The van der Waals surface area contributed by atoms with Crippen LogP contribution >= 0.6 is 12.6 Å². The van der Waals surface area contributed by atoms with Gasteiger partial charge >= 0.3 is 0 Å². The first-order valence-electron chi connectivity index (χ1n) is 4.97. The van der Waals surface area contributed by atoms with Crippen molar-refractivity contribution in [3.63, 3.8) is 0 Å². The third-order valence-electron chi connectivity index (χ3n) is 2.30. The van der Waals surface area contributed by atoms with Gasteiger partial charge in [-0.1, -0.05) is 30.3 Å². The first kappa shape index (κ1) is 10.2. The summed E-state index contributed by atoms with van der Waals surface area (Å²) in [7, 11) is 0. The van der Waals surface area contributed by atoms with Crippen LogP contribution in [0.15, 0.2) is 41.8 Å². The van der Waals surface area contributed by atoms with Crippen molar-refractivity contribution in [3.05, 3.63) is 42.2 Å². The Morgan fingerprint density at radius 2 is 2.00 bits per heavy atom. The summed E-state index contributed by atoms with van der Waals surface area (Å²) >= 11 is 4.20. The quantitative estimate of drug-likeness (QED) is 0.799. The number of aromatic nitrogens is 3. The minimum atomic E-state index is 0.683. The summed E-state index contributed by atoms with van der Waals surface area (Å²) in [5.41, 5.74) is 1.37. The van der Waals surface area contributed by atoms with Gasteiger partial charge in [0.15, 0.2) is 5.16 Å². The van der Waals surface area contributed by atoms with Crippen LogP contribution in [0.1, 0.15) is 12.0 Å². The van der Waals surface area contributed by atoms with Gasteiger partial charge in [-0.05, 0) is 18.4 Å². The van der Waals surface area contributed by atoms with Crippen molar-refractivity contribution in [2.45, 2.75) is 24.5 Å². The number of hydrogen-bond acceptors (Lipinski definition) is 3. The van der Waals surface area contributed by atoms with Gasteiger partial charge in [0.1, 0.15) is 6.33 Å². The zero-order valence-electron chi connectivity index (χ0n) is 8.37. The lowest BCUT2D eigenvalue weighted by molar-refractivity contribution is 0.596. The highest BCUT2D eigenvalue weighted by Gasteiger charge is 1.98. The molecule has 0 bridgehead atoms. The Bertz CT molecular complexity index is 411. The average molecular weight is 219 g/mol. The minimum absolute atomic E-state index is 0.683. The smallest absolute Gasteiger partial charge is 0.187 e. The van der Waals surface area contributed by atoms with Gasteiger partial charge in [0.2, 0.25) is 0 Å². The Morgan fingerprint density at radius 1 is 1.20 bits per heavy atom. The number of aryl methyl sites for hydroxylation is 2. The van der Waals surface area contributed by atoms with Crippen LogP contribution in [0.2, 0.25) is 0 Å². The second-order valence-electron chi connectivity index (χ2n) is 3.41. The van der Waals surface area contributed by atoms with Crippen LogP contribution in [-0.2, 0) is 13.0 Å². The van der Waals surface area contributed by atoms with Crippen molar-refractivity contribution < 1.29 is 0 Å². The van der Waals surface area contributed by atoms with Gasteiger partial charge < -0.3 is 4.57 Å². The van der Waals surface area contributed by atoms with Gasteiger partial charge in [0.25, 0.3) is 0 Å². The molecule has 15 heavy (non-hydrogen) atoms. The number of rotatable bonds is 4. The first-order valence-corrected chi connectivity index (χ1v) is 5.41. The average Bonchev–Trinajstić information content (AvgIpc) is 2.66. The maximum Gasteiger partial charge on any atom is 0.187 e. The number of nitrogens with zero attached hydrogens (tertiary/aromatic N) is 3. The van der Waals surface area contributed by atoms with Crippen LogP contribution in [0.5, 0.6) is 0 Å². The molecule has 0 amide bonds. The van der Waals surface area contributed by atoms with Crippen LogP contribution in [-0.4, -0.2) is 14.8 Å². The molecule has 0 saturated heterocycles. The normalized spacial score (nSPS) is 10.5. The van der Waals surface area contributed by atoms with Gasteiger partial charge in [-0.3, -0.25) is 0 Å². The van der Waals surface area contributed by atoms with Crippen LogP contribution < -0.4 is 0 Å². The molecule has 1 heterocycles. The van der Waals surface area contributed by atoms with Crippen LogP contribution in [0.3, 0.4) is 0 Å². The molecule has 3 nitrogen and oxygen atoms in total. The van der Waals surface area contributed by atoms with E-state index in [4.69, 9.17) is 0 Å². The summed E-state index contributed by atoms with van der Waals surface area (Å²) in [6.45, 7) is 0.917. The standard InChI is InChI=1S/C11H13N3S/c15-11-13-12-9-14(11)8-4-7-10-5-2-1-3-6-10/h1-3,5-6,9H,4,7-8H2,(H,13,15). The Balaban J connectivity index is 1.83. The highest BCUT2D eigenvalue weighted by Crippen LogP contribution is 2.06. The summed E-state index contributed by atoms with van der Waals surface area (Å²) in [5, 5.41) is 8.29. The number of benzene rings is 1. The summed E-state index contributed by atoms with van der Waals surface area (Å²) in [4.78, 5) is 0. The van der Waals surface area contributed by atoms with Crippen molar-refractivity contribution >= 4 is 12.6 Å². The Morgan fingerprint density at radius 3 is 2.67 bits per heavy atom. The molecule has 4 heteroatoms. The van der Waals surface area contributed by atoms with Crippen LogP contribution in [0.25, 0.3) is 0 Å². The van der Waals surface area contributed by atoms with Crippen molar-refractivity contribution in [2.75, 3.05) is 0 Å². The minimum Gasteiger partial charge on any atom is -0.309 e. The van der Waals surface area contributed by atoms with Crippen molar-refractivity contribution in [3.8, 4) is 0 Å². The van der Waals surface area contributed by atoms with Crippen molar-refractivity contribution in [1.82, 2.24) is 14.8 Å². The third kappa shape index (κ3) is 2.83. The fraction of sp³-hybridized carbons (Fsp3) is 0.273. The fourth-order valence-corrected chi connectivity index (χ4v) is 1.71. The van der Waals surface area contributed by atoms with Gasteiger partial charge in [-0.25, -0.2) is 0 Å². The van der Waals surface area contributed by atoms with E-state index in [0.29, 0.717) is 5.16 Å². The highest BCUT2D eigenvalue weighted by molar-refractivity contribution is 7.80. The molecule has 0 aliphatic rings. The molecule has 0 N–H and O–H groups in total. The monoisotopic (exact) mass is 219 g/mol. The largest absolute Gasteiger partial charge is 0.309 e. The fourth-order valence-electron chi connectivity index (χ4n) is 1.50. The highest BCUT2D eigenvalue weighted by atomic mass is 32.1. The SMILES string of the molecule is Sc1nncn1CCCc1ccccc1. The molecule has 0 spiro atoms. The van der Waals surface area contributed by atoms with E-state index in [1.165, 1.54) is 5.56 Å². The molecule has 2 aromatic rings. The van der Waals surface area contributed by atoms with Crippen LogP contribution in [0, 0.1) is 0 Å². The molecule has 0 saturated carbocycles. The third-order valence-corrected chi connectivity index (χ3v) is 2.65. The molecule has 2 rings (SSSR count). The molecule has 78 valence electrons. The summed E-state index contributed by atoms with van der Waals surface area (Å²) in [5.74, 6) is 0. The summed E-state index contributed by atoms with van der Waals surface area (Å²) in [6, 6.07) is 10.5. The molecule has 0 aliphatic carbocycles. The zero-order chi connectivity index (χ0) is 10.5. The molecule has 0 atom stereocenters. The zero-order valence-corrected chi connectivity index (χ0v) is 9.27. The summed E-state index contributed by atoms with van der Waals surface area (Å²) < 4.78 is 1.95. The van der Waals surface area contributed by atoms with Crippen LogP contribution in [0.4, 0.5) is 0 Å². The second-order valence-corrected chi connectivity index (χ2v) is 3.81. The lowest BCUT2D eigenvalue weighted by Crippen LogP contribution is -1.98. The van der Waals surface area contributed by atoms with Gasteiger partial charge in [0, 0.05) is 6.54 Å². The molecule has 1 aromatic heterocycles. The molecule has 0 aliphatic heterocycles. The molecular formula is C11H13N3S. The van der Waals surface area contributed by atoms with Crippen molar-refractivity contribution in [2.24, 2.45) is 0 Å². The topological polar surface area (TPSA) is 30.7 Å². The Hall–Kier alpha value is -1.29. The maximum atomic E-state index is 4.20. The van der Waals surface area contributed by atoms with E-state index in [0.717, 1.165) is 19.4 Å². The van der Waals surface area contributed by atoms with E-state index in [-0.39, 0.29) is 0 Å². The molecule has 0 fully saturated rings. The second kappa shape index (κ2) is 4.98. The maximum absolute atomic E-state index is 4.20. The van der Waals surface area contributed by atoms with Gasteiger partial charge in [-0.2, -0.15) is 0 Å². The molecule has 0 unspecified atom stereocenters. The summed E-state index contributed by atoms with van der Waals surface area (Å²) in [6.07, 6.45) is 3.87. The van der Waals surface area contributed by atoms with E-state index in [2.05, 4.69) is 47.1 Å². The number of hydrogen-bond donors (Lipinski definition) is 1. The molecule has 0 radical (unpaired) electrons. The molecule has 1 aromatic carbocycles. The van der Waals surface area contributed by atoms with Gasteiger partial charge in [0.05, 0.1) is 0 Å². The van der Waals surface area contributed by atoms with Gasteiger partial charge in [-0.15, -0.1) is 22.8 Å². The van der Waals surface area contributed by atoms with E-state index in [1.54, 1.807) is 6.33 Å². The first-order chi connectivity index (χ1) is 7.36. The molecular weight excluding hydrogens is 206 g/mol. The lowest BCUT2D eigenvalue weighted by Gasteiger charge is -2.03. The predicted molar refractivity (Wildman–Crippen MR) is 62.0 cm³/mol. The lowest BCUT2D eigenvalue weighted by atomic mass is 10.1. The van der Waals surface area contributed by atoms with E-state index < -0.39 is 0 Å². The Kier molecular flexibility index (Phi) is 3.40. The van der Waals surface area contributed by atoms with Crippen molar-refractivity contribution in [1.29, 1.82) is 0 Å². The predicted octanol–water partition coefficient (Wildman–Crippen LogP) is 2.20. The van der Waals surface area contributed by atoms with E-state index in [9.17, 15) is 0 Å². The van der Waals surface area contributed by atoms with E-state index >= 15 is 0 Å². The number of thiol groups is 1. The van der Waals surface area contributed by atoms with E-state index in [1.807, 2.05) is 10.6 Å². The Labute approximate surface area is 94.6 Å².